The van der Waals surface area contributed by atoms with Gasteiger partial charge in [0.1, 0.15) is 23.2 Å². The minimum atomic E-state index is -4.63. The van der Waals surface area contributed by atoms with Gasteiger partial charge in [-0.05, 0) is 56.0 Å². The summed E-state index contributed by atoms with van der Waals surface area (Å²) in [7, 11) is 0. The van der Waals surface area contributed by atoms with Gasteiger partial charge in [-0.2, -0.15) is 13.2 Å². The molecule has 1 atom stereocenters. The van der Waals surface area contributed by atoms with Crippen LogP contribution in [0.2, 0.25) is 0 Å². The van der Waals surface area contributed by atoms with Crippen molar-refractivity contribution < 1.29 is 32.3 Å². The summed E-state index contributed by atoms with van der Waals surface area (Å²) in [6.07, 6.45) is 0.655. The molecule has 0 bridgehead atoms. The minimum Gasteiger partial charge on any atom is -0.390 e. The highest BCUT2D eigenvalue weighted by molar-refractivity contribution is 6.04. The molecule has 1 saturated heterocycles. The first-order valence-electron chi connectivity index (χ1n) is 12.5. The number of fused-ring (bicyclic) bond motifs is 1. The van der Waals surface area contributed by atoms with Crippen LogP contribution in [0.1, 0.15) is 53.2 Å². The van der Waals surface area contributed by atoms with Gasteiger partial charge in [0, 0.05) is 36.3 Å². The second-order valence-corrected chi connectivity index (χ2v) is 9.18. The van der Waals surface area contributed by atoms with Crippen molar-refractivity contribution in [2.75, 3.05) is 11.9 Å². The lowest BCUT2D eigenvalue weighted by atomic mass is 10.1. The Labute approximate surface area is 230 Å². The maximum atomic E-state index is 15.6. The van der Waals surface area contributed by atoms with Crippen molar-refractivity contribution in [1.82, 2.24) is 24.3 Å². The van der Waals surface area contributed by atoms with Crippen molar-refractivity contribution in [3.63, 3.8) is 0 Å². The maximum Gasteiger partial charge on any atom is 0.416 e. The number of anilines is 1. The highest BCUT2D eigenvalue weighted by Gasteiger charge is 2.34. The molecular weight excluding hydrogens is 544 g/mol. The lowest BCUT2D eigenvalue weighted by Gasteiger charge is -2.21. The van der Waals surface area contributed by atoms with E-state index in [1.807, 2.05) is 0 Å². The number of hydrogen-bond acceptors (Lipinski definition) is 6. The third-order valence-corrected chi connectivity index (χ3v) is 6.67. The molecule has 41 heavy (non-hydrogen) atoms. The summed E-state index contributed by atoms with van der Waals surface area (Å²) < 4.78 is 56.2. The molecule has 5 rings (SSSR count). The maximum absolute atomic E-state index is 15.6. The average molecular weight is 567 g/mol. The van der Waals surface area contributed by atoms with Crippen LogP contribution in [0.4, 0.5) is 23.4 Å². The second kappa shape index (κ2) is 11.0. The second-order valence-electron chi connectivity index (χ2n) is 9.18. The molecule has 9 nitrogen and oxygen atoms in total. The Morgan fingerprint density at radius 1 is 1.17 bits per heavy atom. The van der Waals surface area contributed by atoms with E-state index in [1.54, 1.807) is 22.4 Å². The number of aliphatic hydroxyl groups excluding tert-OH is 1. The molecule has 0 saturated carbocycles. The lowest BCUT2D eigenvalue weighted by Crippen LogP contribution is -2.30. The van der Waals surface area contributed by atoms with Gasteiger partial charge in [0.05, 0.1) is 29.4 Å². The SMILES string of the molecule is CC#CC(=O)N1CCC[C@H]1c1nc(-c2ccc(C(=O)Nc3cc(C(F)(F)F)ccn3)cc2F)c2c(CO)nccn12. The van der Waals surface area contributed by atoms with E-state index in [1.165, 1.54) is 18.3 Å². The lowest BCUT2D eigenvalue weighted by molar-refractivity contribution is -0.137. The summed E-state index contributed by atoms with van der Waals surface area (Å²) in [5.74, 6) is 3.16. The van der Waals surface area contributed by atoms with E-state index in [-0.39, 0.29) is 34.2 Å². The number of amides is 2. The molecule has 4 aromatic rings. The number of hydrogen-bond donors (Lipinski definition) is 2. The number of pyridine rings is 1. The van der Waals surface area contributed by atoms with Gasteiger partial charge in [-0.15, -0.1) is 0 Å². The Balaban J connectivity index is 1.52. The number of aliphatic hydroxyl groups is 1. The number of likely N-dealkylation sites (tertiary alicyclic amines) is 1. The van der Waals surface area contributed by atoms with E-state index in [9.17, 15) is 27.9 Å². The number of carbonyl (C=O) groups is 2. The summed E-state index contributed by atoms with van der Waals surface area (Å²) in [6.45, 7) is 1.57. The van der Waals surface area contributed by atoms with E-state index >= 15 is 4.39 Å². The average Bonchev–Trinajstić information content (AvgIpc) is 3.58. The molecule has 13 heteroatoms. The van der Waals surface area contributed by atoms with Crippen molar-refractivity contribution >= 4 is 23.1 Å². The Morgan fingerprint density at radius 3 is 2.68 bits per heavy atom. The third-order valence-electron chi connectivity index (χ3n) is 6.67. The van der Waals surface area contributed by atoms with Gasteiger partial charge in [0.2, 0.25) is 0 Å². The molecule has 2 N–H and O–H groups in total. The highest BCUT2D eigenvalue weighted by Crippen LogP contribution is 2.37. The van der Waals surface area contributed by atoms with Crippen LogP contribution in [0.25, 0.3) is 16.8 Å². The van der Waals surface area contributed by atoms with Crippen LogP contribution >= 0.6 is 0 Å². The predicted octanol–water partition coefficient (Wildman–Crippen LogP) is 4.38. The standard InChI is InChI=1S/C28H22F4N6O3/c1-2-4-23(40)37-11-3-5-21(37)26-36-24(25-20(15-39)33-10-12-38(25)26)18-7-6-16(13-19(18)29)27(41)35-22-14-17(8-9-34-22)28(30,31)32/h6-10,12-14,21,39H,3,5,11,15H2,1H3,(H,34,35,41)/t21-/m0/s1. The quantitative estimate of drug-likeness (QED) is 0.274. The Morgan fingerprint density at radius 2 is 1.98 bits per heavy atom. The third kappa shape index (κ3) is 5.33. The topological polar surface area (TPSA) is 113 Å². The predicted molar refractivity (Wildman–Crippen MR) is 139 cm³/mol. The molecule has 0 radical (unpaired) electrons. The first kappa shape index (κ1) is 27.7. The van der Waals surface area contributed by atoms with E-state index < -0.39 is 36.1 Å². The van der Waals surface area contributed by atoms with Crippen molar-refractivity contribution in [2.45, 2.75) is 38.6 Å². The van der Waals surface area contributed by atoms with Crippen LogP contribution in [0.3, 0.4) is 0 Å². The van der Waals surface area contributed by atoms with E-state index in [0.29, 0.717) is 36.8 Å². The molecular formula is C28H22F4N6O3. The number of benzene rings is 1. The summed E-state index contributed by atoms with van der Waals surface area (Å²) in [4.78, 5) is 39.5. The largest absolute Gasteiger partial charge is 0.416 e. The van der Waals surface area contributed by atoms with Gasteiger partial charge in [-0.1, -0.05) is 5.92 Å². The van der Waals surface area contributed by atoms with Crippen LogP contribution < -0.4 is 5.32 Å². The molecule has 0 unspecified atom stereocenters. The number of rotatable bonds is 5. The Kier molecular flexibility index (Phi) is 7.42. The summed E-state index contributed by atoms with van der Waals surface area (Å²) in [5, 5.41) is 12.2. The van der Waals surface area contributed by atoms with Gasteiger partial charge in [0.15, 0.2) is 0 Å². The molecule has 1 fully saturated rings. The molecule has 1 aromatic carbocycles. The molecule has 0 spiro atoms. The number of alkyl halides is 3. The van der Waals surface area contributed by atoms with Gasteiger partial charge < -0.3 is 15.3 Å². The zero-order chi connectivity index (χ0) is 29.3. The smallest absolute Gasteiger partial charge is 0.390 e. The number of aromatic nitrogens is 4. The van der Waals surface area contributed by atoms with E-state index in [4.69, 9.17) is 4.98 Å². The molecule has 1 aliphatic heterocycles. The van der Waals surface area contributed by atoms with E-state index in [0.717, 1.165) is 18.3 Å². The van der Waals surface area contributed by atoms with Crippen molar-refractivity contribution in [2.24, 2.45) is 0 Å². The zero-order valence-corrected chi connectivity index (χ0v) is 21.5. The van der Waals surface area contributed by atoms with Crippen molar-refractivity contribution in [1.29, 1.82) is 0 Å². The monoisotopic (exact) mass is 566 g/mol. The van der Waals surface area contributed by atoms with Gasteiger partial charge in [0.25, 0.3) is 11.8 Å². The first-order valence-corrected chi connectivity index (χ1v) is 12.5. The molecule has 2 amide bonds. The Bertz CT molecular complexity index is 1720. The van der Waals surface area contributed by atoms with Gasteiger partial charge in [-0.25, -0.2) is 14.4 Å². The summed E-state index contributed by atoms with van der Waals surface area (Å²) >= 11 is 0. The van der Waals surface area contributed by atoms with Crippen LogP contribution in [-0.2, 0) is 17.6 Å². The van der Waals surface area contributed by atoms with Crippen LogP contribution in [0, 0.1) is 17.7 Å². The number of nitrogens with zero attached hydrogens (tertiary/aromatic N) is 5. The fourth-order valence-corrected chi connectivity index (χ4v) is 4.84. The molecule has 0 aliphatic carbocycles. The number of halogens is 4. The van der Waals surface area contributed by atoms with Gasteiger partial charge in [-0.3, -0.25) is 19.0 Å². The highest BCUT2D eigenvalue weighted by atomic mass is 19.4. The number of imidazole rings is 1. The normalized spacial score (nSPS) is 15.1. The number of carbonyl (C=O) groups excluding carboxylic acids is 2. The molecule has 3 aromatic heterocycles. The molecule has 210 valence electrons. The minimum absolute atomic E-state index is 0.00517. The molecule has 4 heterocycles. The summed E-state index contributed by atoms with van der Waals surface area (Å²) in [5.41, 5.74) is -0.473. The number of nitrogens with one attached hydrogen (secondary N) is 1. The molecule has 1 aliphatic rings. The van der Waals surface area contributed by atoms with Crippen molar-refractivity contribution in [3.8, 4) is 23.1 Å². The Hall–Kier alpha value is -4.83. The van der Waals surface area contributed by atoms with Crippen LogP contribution in [0.5, 0.6) is 0 Å². The fraction of sp³-hybridized carbons (Fsp3) is 0.250. The van der Waals surface area contributed by atoms with Crippen molar-refractivity contribution in [3.05, 3.63) is 77.4 Å². The zero-order valence-electron chi connectivity index (χ0n) is 21.5. The summed E-state index contributed by atoms with van der Waals surface area (Å²) in [6, 6.07) is 4.52. The first-order chi connectivity index (χ1) is 19.6. The van der Waals surface area contributed by atoms with Gasteiger partial charge >= 0.3 is 6.18 Å². The van der Waals surface area contributed by atoms with Crippen LogP contribution in [-0.4, -0.2) is 47.7 Å². The van der Waals surface area contributed by atoms with Crippen LogP contribution in [0.15, 0.2) is 48.9 Å². The fourth-order valence-electron chi connectivity index (χ4n) is 4.84. The van der Waals surface area contributed by atoms with E-state index in [2.05, 4.69) is 27.1 Å².